The van der Waals surface area contributed by atoms with Gasteiger partial charge in [0, 0.05) is 24.7 Å². The number of hydrogen-bond acceptors (Lipinski definition) is 5. The molecule has 0 spiro atoms. The molecule has 0 aliphatic carbocycles. The molecule has 3 N–H and O–H groups in total. The molecule has 0 bridgehead atoms. The van der Waals surface area contributed by atoms with Gasteiger partial charge in [0.2, 0.25) is 10.0 Å². The summed E-state index contributed by atoms with van der Waals surface area (Å²) in [6.45, 7) is 1.08. The molecule has 0 aliphatic heterocycles. The first-order valence-electron chi connectivity index (χ1n) is 10.8. The molecule has 182 valence electrons. The molecule has 0 fully saturated rings. The molecule has 0 saturated carbocycles. The summed E-state index contributed by atoms with van der Waals surface area (Å²) in [5.41, 5.74) is 2.72. The average Bonchev–Trinajstić information content (AvgIpc) is 2.79. The molecule has 2 atom stereocenters. The Morgan fingerprint density at radius 1 is 0.941 bits per heavy atom. The quantitative estimate of drug-likeness (QED) is 0.320. The van der Waals surface area contributed by atoms with Crippen LogP contribution in [0.1, 0.15) is 17.0 Å². The molecule has 0 saturated heterocycles. The van der Waals surface area contributed by atoms with Crippen molar-refractivity contribution in [1.29, 1.82) is 0 Å². The first-order valence-corrected chi connectivity index (χ1v) is 13.4. The number of aliphatic hydroxyl groups excluding tert-OH is 1. The van der Waals surface area contributed by atoms with E-state index in [1.807, 2.05) is 30.3 Å². The lowest BCUT2D eigenvalue weighted by Crippen LogP contribution is -2.34. The zero-order chi connectivity index (χ0) is 24.6. The SMILES string of the molecule is CS(=O)(=O)Nc1ccc(OC[C@@H](O)CNCC(Cc2ccccc2)c2ccc(Cl)c(Cl)c2)cc1. The zero-order valence-electron chi connectivity index (χ0n) is 18.7. The van der Waals surface area contributed by atoms with Crippen molar-refractivity contribution in [2.24, 2.45) is 0 Å². The van der Waals surface area contributed by atoms with E-state index in [1.54, 1.807) is 30.3 Å². The number of halogens is 2. The Hall–Kier alpha value is -2.29. The van der Waals surface area contributed by atoms with Gasteiger partial charge < -0.3 is 15.2 Å². The van der Waals surface area contributed by atoms with E-state index < -0.39 is 16.1 Å². The van der Waals surface area contributed by atoms with Gasteiger partial charge in [0.15, 0.2) is 0 Å². The van der Waals surface area contributed by atoms with Gasteiger partial charge in [-0.1, -0.05) is 59.6 Å². The molecule has 0 aliphatic rings. The minimum atomic E-state index is -3.33. The number of sulfonamides is 1. The maximum atomic E-state index is 11.3. The van der Waals surface area contributed by atoms with Gasteiger partial charge in [-0.2, -0.15) is 0 Å². The van der Waals surface area contributed by atoms with E-state index in [9.17, 15) is 13.5 Å². The van der Waals surface area contributed by atoms with Crippen molar-refractivity contribution in [2.75, 3.05) is 30.7 Å². The third-order valence-corrected chi connectivity index (χ3v) is 6.46. The lowest BCUT2D eigenvalue weighted by Gasteiger charge is -2.20. The number of anilines is 1. The maximum absolute atomic E-state index is 11.3. The molecule has 3 aromatic carbocycles. The molecule has 0 amide bonds. The summed E-state index contributed by atoms with van der Waals surface area (Å²) < 4.78 is 30.6. The largest absolute Gasteiger partial charge is 0.491 e. The van der Waals surface area contributed by atoms with Gasteiger partial charge in [-0.25, -0.2) is 8.42 Å². The second kappa shape index (κ2) is 12.4. The van der Waals surface area contributed by atoms with Crippen LogP contribution in [-0.4, -0.2) is 45.6 Å². The molecule has 3 aromatic rings. The van der Waals surface area contributed by atoms with Crippen molar-refractivity contribution in [3.8, 4) is 5.75 Å². The first kappa shape index (κ1) is 26.3. The lowest BCUT2D eigenvalue weighted by molar-refractivity contribution is 0.106. The summed E-state index contributed by atoms with van der Waals surface area (Å²) in [6.07, 6.45) is 1.18. The number of ether oxygens (including phenoxy) is 1. The van der Waals surface area contributed by atoms with Crippen molar-refractivity contribution in [3.63, 3.8) is 0 Å². The highest BCUT2D eigenvalue weighted by atomic mass is 35.5. The highest BCUT2D eigenvalue weighted by molar-refractivity contribution is 7.92. The Balaban J connectivity index is 1.52. The fourth-order valence-electron chi connectivity index (χ4n) is 3.48. The van der Waals surface area contributed by atoms with Gasteiger partial charge in [0.1, 0.15) is 18.5 Å². The minimum Gasteiger partial charge on any atom is -0.491 e. The molecule has 0 aromatic heterocycles. The van der Waals surface area contributed by atoms with Crippen LogP contribution in [0.25, 0.3) is 0 Å². The van der Waals surface area contributed by atoms with Crippen LogP contribution in [0, 0.1) is 0 Å². The van der Waals surface area contributed by atoms with Crippen LogP contribution in [-0.2, 0) is 16.4 Å². The Morgan fingerprint density at radius 3 is 2.29 bits per heavy atom. The number of benzene rings is 3. The van der Waals surface area contributed by atoms with Gasteiger partial charge in [-0.3, -0.25) is 4.72 Å². The summed E-state index contributed by atoms with van der Waals surface area (Å²) >= 11 is 12.3. The zero-order valence-corrected chi connectivity index (χ0v) is 21.1. The Labute approximate surface area is 210 Å². The van der Waals surface area contributed by atoms with Crippen molar-refractivity contribution in [1.82, 2.24) is 5.32 Å². The second-order valence-electron chi connectivity index (χ2n) is 8.08. The van der Waals surface area contributed by atoms with Crippen LogP contribution in [0.15, 0.2) is 72.8 Å². The third kappa shape index (κ3) is 8.81. The van der Waals surface area contributed by atoms with Gasteiger partial charge in [0.25, 0.3) is 0 Å². The van der Waals surface area contributed by atoms with E-state index in [4.69, 9.17) is 27.9 Å². The Bertz CT molecular complexity index is 1160. The molecular formula is C25H28Cl2N2O4S. The summed E-state index contributed by atoms with van der Waals surface area (Å²) in [6, 6.07) is 22.4. The number of rotatable bonds is 12. The van der Waals surface area contributed by atoms with Crippen LogP contribution in [0.5, 0.6) is 5.75 Å². The molecule has 6 nitrogen and oxygen atoms in total. The highest BCUT2D eigenvalue weighted by Gasteiger charge is 2.15. The molecule has 1 unspecified atom stereocenters. The van der Waals surface area contributed by atoms with Crippen molar-refractivity contribution >= 4 is 38.9 Å². The average molecular weight is 523 g/mol. The molecule has 3 rings (SSSR count). The van der Waals surface area contributed by atoms with Crippen LogP contribution >= 0.6 is 23.2 Å². The normalized spacial score (nSPS) is 13.3. The van der Waals surface area contributed by atoms with E-state index >= 15 is 0 Å². The number of hydrogen-bond donors (Lipinski definition) is 3. The lowest BCUT2D eigenvalue weighted by atomic mass is 9.92. The van der Waals surface area contributed by atoms with E-state index in [0.717, 1.165) is 18.2 Å². The van der Waals surface area contributed by atoms with Crippen molar-refractivity contribution in [3.05, 3.63) is 94.0 Å². The summed E-state index contributed by atoms with van der Waals surface area (Å²) in [5.74, 6) is 0.677. The monoisotopic (exact) mass is 522 g/mol. The van der Waals surface area contributed by atoms with E-state index in [0.29, 0.717) is 34.6 Å². The maximum Gasteiger partial charge on any atom is 0.229 e. The van der Waals surface area contributed by atoms with Crippen LogP contribution in [0.2, 0.25) is 10.0 Å². The Morgan fingerprint density at radius 2 is 1.65 bits per heavy atom. The number of nitrogens with one attached hydrogen (secondary N) is 2. The van der Waals surface area contributed by atoms with E-state index in [1.165, 1.54) is 5.56 Å². The van der Waals surface area contributed by atoms with E-state index in [2.05, 4.69) is 22.2 Å². The molecular weight excluding hydrogens is 495 g/mol. The first-order chi connectivity index (χ1) is 16.2. The summed E-state index contributed by atoms with van der Waals surface area (Å²) in [5, 5.41) is 14.7. The third-order valence-electron chi connectivity index (χ3n) is 5.11. The molecule has 0 radical (unpaired) electrons. The van der Waals surface area contributed by atoms with Crippen molar-refractivity contribution in [2.45, 2.75) is 18.4 Å². The second-order valence-corrected chi connectivity index (χ2v) is 10.6. The van der Waals surface area contributed by atoms with E-state index in [-0.39, 0.29) is 12.5 Å². The molecule has 34 heavy (non-hydrogen) atoms. The van der Waals surface area contributed by atoms with Gasteiger partial charge >= 0.3 is 0 Å². The molecule has 9 heteroatoms. The Kier molecular flexibility index (Phi) is 9.62. The van der Waals surface area contributed by atoms with Gasteiger partial charge in [-0.15, -0.1) is 0 Å². The van der Waals surface area contributed by atoms with Crippen LogP contribution < -0.4 is 14.8 Å². The fraction of sp³-hybridized carbons (Fsp3) is 0.280. The topological polar surface area (TPSA) is 87.7 Å². The summed E-state index contributed by atoms with van der Waals surface area (Å²) in [4.78, 5) is 0. The standard InChI is InChI=1S/C25H28Cl2N2O4S/c1-34(31,32)29-21-8-10-23(11-9-21)33-17-22(30)16-28-15-20(13-18-5-3-2-4-6-18)19-7-12-24(26)25(27)14-19/h2-12,14,20,22,28-30H,13,15-17H2,1H3/t20?,22-/m0/s1. The van der Waals surface area contributed by atoms with Crippen molar-refractivity contribution < 1.29 is 18.3 Å². The summed E-state index contributed by atoms with van der Waals surface area (Å²) in [7, 11) is -3.33. The predicted molar refractivity (Wildman–Crippen MR) is 139 cm³/mol. The highest BCUT2D eigenvalue weighted by Crippen LogP contribution is 2.28. The van der Waals surface area contributed by atoms with Crippen LogP contribution in [0.3, 0.4) is 0 Å². The predicted octanol–water partition coefficient (Wildman–Crippen LogP) is 4.72. The number of aliphatic hydroxyl groups is 1. The minimum absolute atomic E-state index is 0.0992. The molecule has 0 heterocycles. The van der Waals surface area contributed by atoms with Gasteiger partial charge in [-0.05, 0) is 53.9 Å². The smallest absolute Gasteiger partial charge is 0.229 e. The fourth-order valence-corrected chi connectivity index (χ4v) is 4.35. The van der Waals surface area contributed by atoms with Gasteiger partial charge in [0.05, 0.1) is 16.3 Å². The van der Waals surface area contributed by atoms with Crippen LogP contribution in [0.4, 0.5) is 5.69 Å².